The summed E-state index contributed by atoms with van der Waals surface area (Å²) in [5.74, 6) is -0.402. The molecule has 0 aliphatic heterocycles. The second-order valence-electron chi connectivity index (χ2n) is 5.53. The summed E-state index contributed by atoms with van der Waals surface area (Å²) in [6.45, 7) is 0. The first-order chi connectivity index (χ1) is 13.1. The first-order valence-corrected chi connectivity index (χ1v) is 8.84. The van der Waals surface area contributed by atoms with Gasteiger partial charge in [-0.2, -0.15) is 5.26 Å². The first-order valence-electron chi connectivity index (χ1n) is 8.02. The molecule has 0 unspecified atom stereocenters. The molecule has 27 heavy (non-hydrogen) atoms. The molecule has 0 radical (unpaired) electrons. The zero-order chi connectivity index (χ0) is 19.2. The molecular formula is C21H15FN2O2S. The van der Waals surface area contributed by atoms with E-state index < -0.39 is 11.7 Å². The fraction of sp³-hybridized carbons (Fsp3) is 0.0476. The van der Waals surface area contributed by atoms with Gasteiger partial charge in [-0.25, -0.2) is 4.39 Å². The Morgan fingerprint density at radius 2 is 1.85 bits per heavy atom. The molecule has 0 aliphatic carbocycles. The number of ether oxygens (including phenoxy) is 1. The lowest BCUT2D eigenvalue weighted by atomic mass is 10.1. The topological polar surface area (TPSA) is 62.1 Å². The van der Waals surface area contributed by atoms with Crippen molar-refractivity contribution in [2.45, 2.75) is 9.79 Å². The lowest BCUT2D eigenvalue weighted by molar-refractivity contribution is 0.102. The minimum Gasteiger partial charge on any atom is -0.497 e. The second-order valence-corrected chi connectivity index (χ2v) is 6.65. The van der Waals surface area contributed by atoms with Crippen LogP contribution in [0.5, 0.6) is 5.75 Å². The van der Waals surface area contributed by atoms with Gasteiger partial charge in [0.25, 0.3) is 5.91 Å². The molecule has 4 nitrogen and oxygen atoms in total. The van der Waals surface area contributed by atoms with E-state index in [1.54, 1.807) is 31.4 Å². The molecule has 134 valence electrons. The van der Waals surface area contributed by atoms with Crippen molar-refractivity contribution < 1.29 is 13.9 Å². The summed E-state index contributed by atoms with van der Waals surface area (Å²) in [4.78, 5) is 13.9. The predicted molar refractivity (Wildman–Crippen MR) is 103 cm³/mol. The Labute approximate surface area is 160 Å². The van der Waals surface area contributed by atoms with Crippen molar-refractivity contribution in [2.24, 2.45) is 0 Å². The SMILES string of the molecule is COc1ccc(Sc2ccc(NC(=O)c3ccccc3F)cc2C#N)cc1. The van der Waals surface area contributed by atoms with Crippen LogP contribution in [-0.2, 0) is 0 Å². The monoisotopic (exact) mass is 378 g/mol. The highest BCUT2D eigenvalue weighted by molar-refractivity contribution is 7.99. The molecule has 0 atom stereocenters. The van der Waals surface area contributed by atoms with Crippen molar-refractivity contribution in [2.75, 3.05) is 12.4 Å². The van der Waals surface area contributed by atoms with Crippen molar-refractivity contribution in [3.8, 4) is 11.8 Å². The molecule has 0 saturated heterocycles. The number of rotatable bonds is 5. The molecule has 0 spiro atoms. The number of hydrogen-bond acceptors (Lipinski definition) is 4. The number of carbonyl (C=O) groups excluding carboxylic acids is 1. The summed E-state index contributed by atoms with van der Waals surface area (Å²) in [6.07, 6.45) is 0. The molecule has 0 aromatic heterocycles. The van der Waals surface area contributed by atoms with Gasteiger partial charge >= 0.3 is 0 Å². The van der Waals surface area contributed by atoms with Crippen molar-refractivity contribution >= 4 is 23.4 Å². The molecule has 1 amide bonds. The van der Waals surface area contributed by atoms with Crippen molar-refractivity contribution in [1.29, 1.82) is 5.26 Å². The molecule has 1 N–H and O–H groups in total. The molecule has 3 rings (SSSR count). The zero-order valence-electron chi connectivity index (χ0n) is 14.4. The van der Waals surface area contributed by atoms with Crippen LogP contribution < -0.4 is 10.1 Å². The Morgan fingerprint density at radius 3 is 2.52 bits per heavy atom. The highest BCUT2D eigenvalue weighted by atomic mass is 32.2. The van der Waals surface area contributed by atoms with Gasteiger partial charge in [-0.3, -0.25) is 4.79 Å². The maximum Gasteiger partial charge on any atom is 0.258 e. The van der Waals surface area contributed by atoms with E-state index >= 15 is 0 Å². The minimum atomic E-state index is -0.595. The summed E-state index contributed by atoms with van der Waals surface area (Å²) in [7, 11) is 1.60. The van der Waals surface area contributed by atoms with Crippen LogP contribution in [0.4, 0.5) is 10.1 Å². The van der Waals surface area contributed by atoms with Gasteiger partial charge in [0, 0.05) is 15.5 Å². The van der Waals surface area contributed by atoms with Gasteiger partial charge in [-0.05, 0) is 54.6 Å². The van der Waals surface area contributed by atoms with Crippen LogP contribution in [0.25, 0.3) is 0 Å². The van der Waals surface area contributed by atoms with E-state index in [0.29, 0.717) is 11.3 Å². The molecule has 0 aliphatic rings. The summed E-state index contributed by atoms with van der Waals surface area (Å²) < 4.78 is 18.9. The Hall–Kier alpha value is -3.30. The molecule has 0 fully saturated rings. The summed E-state index contributed by atoms with van der Waals surface area (Å²) >= 11 is 1.43. The van der Waals surface area contributed by atoms with Crippen LogP contribution in [-0.4, -0.2) is 13.0 Å². The average molecular weight is 378 g/mol. The Bertz CT molecular complexity index is 1010. The molecule has 0 heterocycles. The number of benzene rings is 3. The van der Waals surface area contributed by atoms with Crippen LogP contribution in [0.15, 0.2) is 76.5 Å². The molecule has 3 aromatic rings. The highest BCUT2D eigenvalue weighted by Gasteiger charge is 2.12. The lowest BCUT2D eigenvalue weighted by Gasteiger charge is -2.09. The molecule has 0 bridgehead atoms. The first kappa shape index (κ1) is 18.5. The Morgan fingerprint density at radius 1 is 1.11 bits per heavy atom. The summed E-state index contributed by atoms with van der Waals surface area (Å²) in [5, 5.41) is 12.1. The van der Waals surface area contributed by atoms with Crippen molar-refractivity contribution in [1.82, 2.24) is 0 Å². The van der Waals surface area contributed by atoms with Gasteiger partial charge in [0.15, 0.2) is 0 Å². The third kappa shape index (κ3) is 4.46. The van der Waals surface area contributed by atoms with Crippen LogP contribution in [0.3, 0.4) is 0 Å². The van der Waals surface area contributed by atoms with Gasteiger partial charge in [0.2, 0.25) is 0 Å². The Balaban J connectivity index is 1.78. The average Bonchev–Trinajstić information content (AvgIpc) is 2.70. The lowest BCUT2D eigenvalue weighted by Crippen LogP contribution is -2.13. The smallest absolute Gasteiger partial charge is 0.258 e. The second kappa shape index (κ2) is 8.39. The number of amides is 1. The van der Waals surface area contributed by atoms with Crippen LogP contribution >= 0.6 is 11.8 Å². The molecule has 0 saturated carbocycles. The van der Waals surface area contributed by atoms with Crippen LogP contribution in [0.1, 0.15) is 15.9 Å². The number of hydrogen-bond donors (Lipinski definition) is 1. The predicted octanol–water partition coefficient (Wildman–Crippen LogP) is 5.11. The standard InChI is InChI=1S/C21H15FN2O2S/c1-26-16-7-9-17(10-8-16)27-20-11-6-15(12-14(20)13-23)24-21(25)18-4-2-3-5-19(18)22/h2-12H,1H3,(H,24,25). The van der Waals surface area contributed by atoms with Crippen LogP contribution in [0, 0.1) is 17.1 Å². The van der Waals surface area contributed by atoms with Gasteiger partial charge in [-0.1, -0.05) is 23.9 Å². The third-order valence-electron chi connectivity index (χ3n) is 3.76. The van der Waals surface area contributed by atoms with Crippen molar-refractivity contribution in [3.63, 3.8) is 0 Å². The van der Waals surface area contributed by atoms with Gasteiger partial charge in [0.1, 0.15) is 17.6 Å². The fourth-order valence-corrected chi connectivity index (χ4v) is 3.28. The van der Waals surface area contributed by atoms with E-state index in [1.807, 2.05) is 24.3 Å². The highest BCUT2D eigenvalue weighted by Crippen LogP contribution is 2.32. The molecular weight excluding hydrogens is 363 g/mol. The third-order valence-corrected chi connectivity index (χ3v) is 4.85. The number of halogens is 1. The normalized spacial score (nSPS) is 10.1. The van der Waals surface area contributed by atoms with E-state index in [-0.39, 0.29) is 5.56 Å². The maximum absolute atomic E-state index is 13.7. The number of methoxy groups -OCH3 is 1. The van der Waals surface area contributed by atoms with E-state index in [4.69, 9.17) is 4.74 Å². The van der Waals surface area contributed by atoms with E-state index in [9.17, 15) is 14.4 Å². The van der Waals surface area contributed by atoms with Gasteiger partial charge < -0.3 is 10.1 Å². The quantitative estimate of drug-likeness (QED) is 0.670. The summed E-state index contributed by atoms with van der Waals surface area (Å²) in [6, 6.07) is 20.4. The number of anilines is 1. The zero-order valence-corrected chi connectivity index (χ0v) is 15.2. The van der Waals surface area contributed by atoms with Crippen molar-refractivity contribution in [3.05, 3.63) is 83.7 Å². The number of nitrogens with one attached hydrogen (secondary N) is 1. The number of nitriles is 1. The fourth-order valence-electron chi connectivity index (χ4n) is 2.40. The largest absolute Gasteiger partial charge is 0.497 e. The minimum absolute atomic E-state index is 0.0484. The number of carbonyl (C=O) groups is 1. The van der Waals surface area contributed by atoms with Crippen LogP contribution in [0.2, 0.25) is 0 Å². The Kier molecular flexibility index (Phi) is 5.74. The molecule has 6 heteroatoms. The van der Waals surface area contributed by atoms with E-state index in [2.05, 4.69) is 11.4 Å². The molecule has 3 aromatic carbocycles. The maximum atomic E-state index is 13.7. The van der Waals surface area contributed by atoms with Gasteiger partial charge in [-0.15, -0.1) is 0 Å². The van der Waals surface area contributed by atoms with Gasteiger partial charge in [0.05, 0.1) is 18.2 Å². The number of nitrogens with zero attached hydrogens (tertiary/aromatic N) is 1. The summed E-state index contributed by atoms with van der Waals surface area (Å²) in [5.41, 5.74) is 0.800. The van der Waals surface area contributed by atoms with E-state index in [0.717, 1.165) is 15.5 Å². The van der Waals surface area contributed by atoms with E-state index in [1.165, 1.54) is 30.0 Å².